The van der Waals surface area contributed by atoms with Crippen molar-refractivity contribution in [2.45, 2.75) is 52.2 Å². The fourth-order valence-electron chi connectivity index (χ4n) is 1.20. The standard InChI is InChI=1S/C11H25NO2/c1-6-11(5,13)9-12-8-10(3,4)14-7-2/h12-13H,6-9H2,1-5H3. The maximum atomic E-state index is 9.75. The average molecular weight is 203 g/mol. The Hall–Kier alpha value is -0.120. The molecule has 3 heteroatoms. The summed E-state index contributed by atoms with van der Waals surface area (Å²) in [5, 5.41) is 13.0. The van der Waals surface area contributed by atoms with Gasteiger partial charge in [-0.25, -0.2) is 0 Å². The van der Waals surface area contributed by atoms with Gasteiger partial charge in [-0.3, -0.25) is 0 Å². The highest BCUT2D eigenvalue weighted by Gasteiger charge is 2.21. The first-order valence-electron chi connectivity index (χ1n) is 5.40. The Morgan fingerprint density at radius 1 is 1.14 bits per heavy atom. The molecule has 0 spiro atoms. The monoisotopic (exact) mass is 203 g/mol. The zero-order valence-electron chi connectivity index (χ0n) is 10.2. The fraction of sp³-hybridized carbons (Fsp3) is 1.00. The molecule has 0 aromatic heterocycles. The third-order valence-corrected chi connectivity index (χ3v) is 2.35. The summed E-state index contributed by atoms with van der Waals surface area (Å²) in [5.74, 6) is 0. The van der Waals surface area contributed by atoms with Crippen LogP contribution in [0.4, 0.5) is 0 Å². The maximum absolute atomic E-state index is 9.75. The van der Waals surface area contributed by atoms with Gasteiger partial charge in [0.25, 0.3) is 0 Å². The first-order chi connectivity index (χ1) is 6.33. The van der Waals surface area contributed by atoms with E-state index in [4.69, 9.17) is 4.74 Å². The van der Waals surface area contributed by atoms with Crippen LogP contribution in [0.2, 0.25) is 0 Å². The average Bonchev–Trinajstić information content (AvgIpc) is 2.03. The predicted octanol–water partition coefficient (Wildman–Crippen LogP) is 1.55. The van der Waals surface area contributed by atoms with Gasteiger partial charge >= 0.3 is 0 Å². The van der Waals surface area contributed by atoms with Crippen LogP contribution in [-0.4, -0.2) is 36.0 Å². The van der Waals surface area contributed by atoms with Crippen molar-refractivity contribution in [2.75, 3.05) is 19.7 Å². The van der Waals surface area contributed by atoms with Crippen molar-refractivity contribution in [3.63, 3.8) is 0 Å². The Bertz CT molecular complexity index is 155. The van der Waals surface area contributed by atoms with Crippen LogP contribution in [-0.2, 0) is 4.74 Å². The molecule has 0 bridgehead atoms. The molecular formula is C11H25NO2. The molecule has 0 aliphatic rings. The van der Waals surface area contributed by atoms with Crippen molar-refractivity contribution < 1.29 is 9.84 Å². The minimum absolute atomic E-state index is 0.154. The van der Waals surface area contributed by atoms with E-state index in [-0.39, 0.29) is 5.60 Å². The second-order valence-corrected chi connectivity index (χ2v) is 4.65. The zero-order valence-corrected chi connectivity index (χ0v) is 10.2. The molecule has 0 aliphatic carbocycles. The van der Waals surface area contributed by atoms with Crippen LogP contribution in [0.15, 0.2) is 0 Å². The molecule has 0 saturated carbocycles. The van der Waals surface area contributed by atoms with Gasteiger partial charge in [0.05, 0.1) is 11.2 Å². The maximum Gasteiger partial charge on any atom is 0.0750 e. The fourth-order valence-corrected chi connectivity index (χ4v) is 1.20. The highest BCUT2D eigenvalue weighted by molar-refractivity contribution is 4.77. The van der Waals surface area contributed by atoms with E-state index in [2.05, 4.69) is 5.32 Å². The summed E-state index contributed by atoms with van der Waals surface area (Å²) < 4.78 is 5.53. The zero-order chi connectivity index (χ0) is 11.2. The second kappa shape index (κ2) is 5.69. The molecule has 0 aromatic rings. The second-order valence-electron chi connectivity index (χ2n) is 4.65. The molecule has 3 nitrogen and oxygen atoms in total. The third-order valence-electron chi connectivity index (χ3n) is 2.35. The van der Waals surface area contributed by atoms with Crippen molar-refractivity contribution in [3.8, 4) is 0 Å². The molecule has 0 heterocycles. The topological polar surface area (TPSA) is 41.5 Å². The smallest absolute Gasteiger partial charge is 0.0750 e. The third kappa shape index (κ3) is 6.35. The molecule has 14 heavy (non-hydrogen) atoms. The molecule has 1 unspecified atom stereocenters. The molecule has 0 aliphatic heterocycles. The van der Waals surface area contributed by atoms with Gasteiger partial charge in [0.15, 0.2) is 0 Å². The van der Waals surface area contributed by atoms with Crippen molar-refractivity contribution >= 4 is 0 Å². The van der Waals surface area contributed by atoms with E-state index >= 15 is 0 Å². The molecule has 0 aromatic carbocycles. The van der Waals surface area contributed by atoms with Gasteiger partial charge in [-0.05, 0) is 34.1 Å². The molecule has 2 N–H and O–H groups in total. The Labute approximate surface area is 87.8 Å². The van der Waals surface area contributed by atoms with E-state index in [9.17, 15) is 5.11 Å². The van der Waals surface area contributed by atoms with Crippen molar-refractivity contribution in [2.24, 2.45) is 0 Å². The SMILES string of the molecule is CCOC(C)(C)CNCC(C)(O)CC. The van der Waals surface area contributed by atoms with Crippen LogP contribution in [0.3, 0.4) is 0 Å². The van der Waals surface area contributed by atoms with E-state index in [1.54, 1.807) is 0 Å². The van der Waals surface area contributed by atoms with Gasteiger partial charge in [-0.15, -0.1) is 0 Å². The highest BCUT2D eigenvalue weighted by atomic mass is 16.5. The van der Waals surface area contributed by atoms with Gasteiger partial charge in [0.2, 0.25) is 0 Å². The van der Waals surface area contributed by atoms with Crippen LogP contribution in [0, 0.1) is 0 Å². The normalized spacial score (nSPS) is 16.7. The quantitative estimate of drug-likeness (QED) is 0.659. The number of nitrogens with one attached hydrogen (secondary N) is 1. The lowest BCUT2D eigenvalue weighted by Gasteiger charge is -2.28. The Morgan fingerprint density at radius 2 is 1.71 bits per heavy atom. The Balaban J connectivity index is 3.73. The summed E-state index contributed by atoms with van der Waals surface area (Å²) in [7, 11) is 0. The molecule has 1 atom stereocenters. The van der Waals surface area contributed by atoms with E-state index in [0.29, 0.717) is 6.54 Å². The summed E-state index contributed by atoms with van der Waals surface area (Å²) >= 11 is 0. The van der Waals surface area contributed by atoms with Gasteiger partial charge in [0, 0.05) is 19.7 Å². The summed E-state index contributed by atoms with van der Waals surface area (Å²) in [5.41, 5.74) is -0.763. The Morgan fingerprint density at radius 3 is 2.14 bits per heavy atom. The summed E-state index contributed by atoms with van der Waals surface area (Å²) in [6, 6.07) is 0. The van der Waals surface area contributed by atoms with E-state index in [1.165, 1.54) is 0 Å². The molecule has 0 radical (unpaired) electrons. The minimum atomic E-state index is -0.609. The van der Waals surface area contributed by atoms with Crippen LogP contribution in [0.1, 0.15) is 41.0 Å². The molecule has 0 saturated heterocycles. The van der Waals surface area contributed by atoms with Gasteiger partial charge in [-0.1, -0.05) is 6.92 Å². The van der Waals surface area contributed by atoms with Gasteiger partial charge < -0.3 is 15.2 Å². The van der Waals surface area contributed by atoms with Gasteiger partial charge in [-0.2, -0.15) is 0 Å². The minimum Gasteiger partial charge on any atom is -0.389 e. The number of hydrogen-bond acceptors (Lipinski definition) is 3. The molecule has 0 amide bonds. The lowest BCUT2D eigenvalue weighted by Crippen LogP contribution is -2.44. The molecular weight excluding hydrogens is 178 g/mol. The summed E-state index contributed by atoms with van der Waals surface area (Å²) in [4.78, 5) is 0. The van der Waals surface area contributed by atoms with Crippen LogP contribution in [0.25, 0.3) is 0 Å². The van der Waals surface area contributed by atoms with Crippen molar-refractivity contribution in [3.05, 3.63) is 0 Å². The van der Waals surface area contributed by atoms with Crippen LogP contribution >= 0.6 is 0 Å². The summed E-state index contributed by atoms with van der Waals surface area (Å²) in [6.07, 6.45) is 0.759. The van der Waals surface area contributed by atoms with Crippen LogP contribution < -0.4 is 5.32 Å². The first-order valence-corrected chi connectivity index (χ1v) is 5.40. The van der Waals surface area contributed by atoms with Crippen molar-refractivity contribution in [1.29, 1.82) is 0 Å². The van der Waals surface area contributed by atoms with Crippen LogP contribution in [0.5, 0.6) is 0 Å². The van der Waals surface area contributed by atoms with E-state index in [0.717, 1.165) is 19.6 Å². The predicted molar refractivity (Wildman–Crippen MR) is 59.5 cm³/mol. The van der Waals surface area contributed by atoms with E-state index in [1.807, 2.05) is 34.6 Å². The molecule has 86 valence electrons. The molecule has 0 fully saturated rings. The first kappa shape index (κ1) is 13.9. The molecule has 0 rings (SSSR count). The van der Waals surface area contributed by atoms with Crippen molar-refractivity contribution in [1.82, 2.24) is 5.32 Å². The van der Waals surface area contributed by atoms with Gasteiger partial charge in [0.1, 0.15) is 0 Å². The number of rotatable bonds is 7. The van der Waals surface area contributed by atoms with E-state index < -0.39 is 5.60 Å². The number of ether oxygens (including phenoxy) is 1. The highest BCUT2D eigenvalue weighted by Crippen LogP contribution is 2.09. The lowest BCUT2D eigenvalue weighted by molar-refractivity contribution is -0.0150. The Kier molecular flexibility index (Phi) is 5.64. The lowest BCUT2D eigenvalue weighted by atomic mass is 10.0. The number of aliphatic hydroxyl groups is 1. The largest absolute Gasteiger partial charge is 0.389 e. The summed E-state index contributed by atoms with van der Waals surface area (Å²) in [6.45, 7) is 12.0. The number of hydrogen-bond donors (Lipinski definition) is 2.